The first-order chi connectivity index (χ1) is 29.8. The minimum absolute atomic E-state index is 0.0863. The van der Waals surface area contributed by atoms with Crippen molar-refractivity contribution in [1.29, 1.82) is 0 Å². The molecule has 9 aromatic rings. The summed E-state index contributed by atoms with van der Waals surface area (Å²) in [4.78, 5) is 2.51. The minimum atomic E-state index is -0.607. The molecule has 0 atom stereocenters. The smallest absolute Gasteiger partial charge is 0.132 e. The normalized spacial score (nSPS) is 15.7. The highest BCUT2D eigenvalue weighted by atomic mass is 16.5. The second-order valence-electron chi connectivity index (χ2n) is 18.4. The summed E-state index contributed by atoms with van der Waals surface area (Å²) in [6, 6.07) is 70.4. The molecule has 0 unspecified atom stereocenters. The topological polar surface area (TPSA) is 12.5 Å². The molecule has 61 heavy (non-hydrogen) atoms. The van der Waals surface area contributed by atoms with Crippen molar-refractivity contribution in [2.45, 2.75) is 43.9 Å². The first kappa shape index (κ1) is 34.7. The van der Waals surface area contributed by atoms with E-state index in [1.807, 2.05) is 0 Å². The van der Waals surface area contributed by atoms with E-state index in [1.165, 1.54) is 88.7 Å². The Balaban J connectivity index is 1.11. The molecule has 1 spiro atoms. The van der Waals surface area contributed by atoms with Crippen molar-refractivity contribution >= 4 is 27.8 Å². The van der Waals surface area contributed by atoms with Crippen molar-refractivity contribution in [2.75, 3.05) is 4.90 Å². The highest BCUT2D eigenvalue weighted by Gasteiger charge is 2.52. The van der Waals surface area contributed by atoms with Gasteiger partial charge in [0.25, 0.3) is 0 Å². The van der Waals surface area contributed by atoms with Gasteiger partial charge in [-0.2, -0.15) is 0 Å². The lowest BCUT2D eigenvalue weighted by Crippen LogP contribution is -2.32. The largest absolute Gasteiger partial charge is 0.457 e. The van der Waals surface area contributed by atoms with Gasteiger partial charge >= 0.3 is 0 Å². The quantitative estimate of drug-likeness (QED) is 0.177. The Morgan fingerprint density at radius 3 is 1.52 bits per heavy atom. The minimum Gasteiger partial charge on any atom is -0.457 e. The third-order valence-corrected chi connectivity index (χ3v) is 14.7. The number of hydrogen-bond donors (Lipinski definition) is 0. The summed E-state index contributed by atoms with van der Waals surface area (Å²) in [6.07, 6.45) is 0. The third kappa shape index (κ3) is 4.42. The summed E-state index contributed by atoms with van der Waals surface area (Å²) < 4.78 is 6.76. The van der Waals surface area contributed by atoms with Gasteiger partial charge in [0, 0.05) is 39.0 Å². The molecule has 1 aliphatic heterocycles. The van der Waals surface area contributed by atoms with E-state index in [0.717, 1.165) is 28.6 Å². The highest BCUT2D eigenvalue weighted by Crippen LogP contribution is 2.64. The van der Waals surface area contributed by atoms with E-state index in [4.69, 9.17) is 4.74 Å². The molecular weight excluding hydrogens is 739 g/mol. The van der Waals surface area contributed by atoms with Crippen molar-refractivity contribution in [3.05, 3.63) is 233 Å². The van der Waals surface area contributed by atoms with Crippen LogP contribution in [-0.2, 0) is 16.2 Å². The zero-order valence-corrected chi connectivity index (χ0v) is 34.8. The molecule has 4 aliphatic rings. The third-order valence-electron chi connectivity index (χ3n) is 14.7. The van der Waals surface area contributed by atoms with Gasteiger partial charge in [-0.25, -0.2) is 0 Å². The molecular formula is C59H43NO. The molecule has 0 N–H and O–H groups in total. The Morgan fingerprint density at radius 2 is 0.820 bits per heavy atom. The van der Waals surface area contributed by atoms with E-state index < -0.39 is 5.41 Å². The van der Waals surface area contributed by atoms with Crippen LogP contribution in [0.4, 0.5) is 17.1 Å². The Bertz CT molecular complexity index is 3320. The number of ether oxygens (including phenoxy) is 1. The molecule has 0 radical (unpaired) electrons. The zero-order valence-electron chi connectivity index (χ0n) is 34.8. The average Bonchev–Trinajstić information content (AvgIpc) is 3.81. The van der Waals surface area contributed by atoms with Crippen LogP contribution in [0.15, 0.2) is 188 Å². The molecule has 1 heterocycles. The van der Waals surface area contributed by atoms with Gasteiger partial charge in [-0.3, -0.25) is 0 Å². The Kier molecular flexibility index (Phi) is 6.81. The van der Waals surface area contributed by atoms with Gasteiger partial charge < -0.3 is 9.64 Å². The number of anilines is 3. The van der Waals surface area contributed by atoms with E-state index in [1.54, 1.807) is 0 Å². The first-order valence-electron chi connectivity index (χ1n) is 21.6. The summed E-state index contributed by atoms with van der Waals surface area (Å²) in [6.45, 7) is 9.47. The summed E-state index contributed by atoms with van der Waals surface area (Å²) in [7, 11) is 0. The van der Waals surface area contributed by atoms with E-state index in [9.17, 15) is 0 Å². The van der Waals surface area contributed by atoms with E-state index in [2.05, 4.69) is 221 Å². The molecule has 0 aromatic heterocycles. The second kappa shape index (κ2) is 12.0. The Morgan fingerprint density at radius 1 is 0.344 bits per heavy atom. The van der Waals surface area contributed by atoms with Crippen LogP contribution >= 0.6 is 0 Å². The lowest BCUT2D eigenvalue weighted by atomic mass is 9.66. The highest BCUT2D eigenvalue weighted by molar-refractivity contribution is 6.05. The number of fused-ring (bicyclic) bond motifs is 17. The van der Waals surface area contributed by atoms with Crippen molar-refractivity contribution in [1.82, 2.24) is 0 Å². The molecule has 2 nitrogen and oxygen atoms in total. The molecule has 13 rings (SSSR count). The van der Waals surface area contributed by atoms with Crippen molar-refractivity contribution in [2.24, 2.45) is 0 Å². The summed E-state index contributed by atoms with van der Waals surface area (Å²) in [5.41, 5.74) is 20.8. The number of rotatable bonds is 3. The van der Waals surface area contributed by atoms with Crippen molar-refractivity contribution in [3.63, 3.8) is 0 Å². The van der Waals surface area contributed by atoms with Gasteiger partial charge in [-0.15, -0.1) is 0 Å². The maximum Gasteiger partial charge on any atom is 0.132 e. The number of nitrogens with zero attached hydrogens (tertiary/aromatic N) is 1. The predicted octanol–water partition coefficient (Wildman–Crippen LogP) is 15.4. The van der Waals surface area contributed by atoms with E-state index in [0.29, 0.717) is 0 Å². The Hall–Kier alpha value is -7.16. The number of hydrogen-bond acceptors (Lipinski definition) is 2. The van der Waals surface area contributed by atoms with E-state index in [-0.39, 0.29) is 10.8 Å². The van der Waals surface area contributed by atoms with Crippen LogP contribution in [0.2, 0.25) is 0 Å². The zero-order chi connectivity index (χ0) is 40.8. The average molecular weight is 782 g/mol. The summed E-state index contributed by atoms with van der Waals surface area (Å²) >= 11 is 0. The predicted molar refractivity (Wildman–Crippen MR) is 251 cm³/mol. The maximum absolute atomic E-state index is 6.76. The molecule has 3 aliphatic carbocycles. The fourth-order valence-electron chi connectivity index (χ4n) is 11.9. The molecule has 290 valence electrons. The first-order valence-corrected chi connectivity index (χ1v) is 21.6. The second-order valence-corrected chi connectivity index (χ2v) is 18.4. The molecule has 0 saturated heterocycles. The SMILES string of the molecule is CC1(C)c2ccccc2-c2cc(N(c3ccc4c(c3)C(C)(C)c3ccccc3-4)c3ccc4c(c3)C3(c5ccccc5Oc5ccccc53)c3ccc5ccccc5c3-4)ccc21. The van der Waals surface area contributed by atoms with Crippen LogP contribution in [0.1, 0.15) is 72.2 Å². The van der Waals surface area contributed by atoms with Gasteiger partial charge in [0.05, 0.1) is 5.41 Å². The van der Waals surface area contributed by atoms with Gasteiger partial charge in [0.15, 0.2) is 0 Å². The van der Waals surface area contributed by atoms with Gasteiger partial charge in [0.1, 0.15) is 11.5 Å². The monoisotopic (exact) mass is 781 g/mol. The molecule has 0 fully saturated rings. The molecule has 2 heteroatoms. The van der Waals surface area contributed by atoms with E-state index >= 15 is 0 Å². The van der Waals surface area contributed by atoms with Crippen molar-refractivity contribution in [3.8, 4) is 44.9 Å². The molecule has 0 amide bonds. The number of benzene rings is 9. The lowest BCUT2D eigenvalue weighted by Gasteiger charge is -2.39. The van der Waals surface area contributed by atoms with Crippen LogP contribution < -0.4 is 9.64 Å². The van der Waals surface area contributed by atoms with Crippen LogP contribution in [0.5, 0.6) is 11.5 Å². The number of para-hydroxylation sites is 2. The van der Waals surface area contributed by atoms with Gasteiger partial charge in [0.2, 0.25) is 0 Å². The molecule has 9 aromatic carbocycles. The van der Waals surface area contributed by atoms with Crippen molar-refractivity contribution < 1.29 is 4.74 Å². The lowest BCUT2D eigenvalue weighted by molar-refractivity contribution is 0.436. The fourth-order valence-corrected chi connectivity index (χ4v) is 11.9. The van der Waals surface area contributed by atoms with Gasteiger partial charge in [-0.1, -0.05) is 167 Å². The van der Waals surface area contributed by atoms with Crippen LogP contribution in [0.25, 0.3) is 44.2 Å². The molecule has 0 bridgehead atoms. The maximum atomic E-state index is 6.76. The van der Waals surface area contributed by atoms with Gasteiger partial charge in [-0.05, 0) is 126 Å². The Labute approximate surface area is 357 Å². The summed E-state index contributed by atoms with van der Waals surface area (Å²) in [5, 5.41) is 2.51. The fraction of sp³-hybridized carbons (Fsp3) is 0.119. The standard InChI is InChI=1S/C59H43NO/c1-57(2)47-20-10-8-18-42(47)45-33-37(28-32-48(45)57)60(38-26-29-43-41-17-7-9-19-46(41)58(3,4)52(43)34-38)39-27-30-44-53(35-39)59(51-31-25-36-15-5-6-16-40(36)56(44)51)49-21-11-13-23-54(49)61-55-24-14-12-22-50(55)59/h5-35H,1-4H3. The summed E-state index contributed by atoms with van der Waals surface area (Å²) in [5.74, 6) is 1.80. The van der Waals surface area contributed by atoms with Crippen LogP contribution in [0, 0.1) is 0 Å². The van der Waals surface area contributed by atoms with Crippen LogP contribution in [0.3, 0.4) is 0 Å². The molecule has 0 saturated carbocycles. The van der Waals surface area contributed by atoms with Crippen LogP contribution in [-0.4, -0.2) is 0 Å².